The summed E-state index contributed by atoms with van der Waals surface area (Å²) in [4.78, 5) is 9.27. The van der Waals surface area contributed by atoms with Gasteiger partial charge in [0.2, 0.25) is 0 Å². The molecule has 0 aliphatic rings. The largest absolute Gasteiger partial charge is 0.261 e. The number of aromatic nitrogens is 2. The Balaban J connectivity index is 1.74. The van der Waals surface area contributed by atoms with Gasteiger partial charge in [0.05, 0.1) is 21.8 Å². The molecule has 3 aromatic carbocycles. The van der Waals surface area contributed by atoms with Crippen molar-refractivity contribution in [3.05, 3.63) is 88.4 Å². The fourth-order valence-corrected chi connectivity index (χ4v) is 2.93. The van der Waals surface area contributed by atoms with Gasteiger partial charge in [-0.1, -0.05) is 65.7 Å². The predicted molar refractivity (Wildman–Crippen MR) is 113 cm³/mol. The highest BCUT2D eigenvalue weighted by Crippen LogP contribution is 2.29. The Labute approximate surface area is 166 Å². The molecule has 4 aromatic rings. The van der Waals surface area contributed by atoms with Crippen LogP contribution in [0.2, 0.25) is 10.0 Å². The number of hydrogen-bond donors (Lipinski definition) is 1. The Hall–Kier alpha value is -2.95. The first-order valence-corrected chi connectivity index (χ1v) is 9.02. The van der Waals surface area contributed by atoms with E-state index < -0.39 is 0 Å². The van der Waals surface area contributed by atoms with Gasteiger partial charge in [0.25, 0.3) is 0 Å². The molecule has 0 amide bonds. The minimum Gasteiger partial charge on any atom is -0.261 e. The smallest absolute Gasteiger partial charge is 0.162 e. The van der Waals surface area contributed by atoms with Crippen molar-refractivity contribution in [1.29, 1.82) is 0 Å². The van der Waals surface area contributed by atoms with Crippen LogP contribution in [-0.2, 0) is 0 Å². The number of para-hydroxylation sites is 1. The van der Waals surface area contributed by atoms with Crippen molar-refractivity contribution in [2.24, 2.45) is 5.10 Å². The molecule has 0 saturated carbocycles. The number of nitrogens with zero attached hydrogens (tertiary/aromatic N) is 3. The summed E-state index contributed by atoms with van der Waals surface area (Å²) in [6.07, 6.45) is 1.75. The average molecular weight is 393 g/mol. The molecular weight excluding hydrogens is 379 g/mol. The molecular formula is C21H14Cl2N4. The maximum absolute atomic E-state index is 6.15. The number of rotatable bonds is 4. The van der Waals surface area contributed by atoms with Gasteiger partial charge in [0.15, 0.2) is 11.6 Å². The first kappa shape index (κ1) is 17.5. The molecule has 132 valence electrons. The van der Waals surface area contributed by atoms with Crippen molar-refractivity contribution < 1.29 is 0 Å². The topological polar surface area (TPSA) is 50.2 Å². The Morgan fingerprint density at radius 3 is 2.41 bits per heavy atom. The van der Waals surface area contributed by atoms with Crippen molar-refractivity contribution in [2.75, 3.05) is 5.43 Å². The first-order chi connectivity index (χ1) is 13.2. The summed E-state index contributed by atoms with van der Waals surface area (Å²) in [6, 6.07) is 22.9. The molecule has 4 rings (SSSR count). The number of hydrogen-bond acceptors (Lipinski definition) is 4. The summed E-state index contributed by atoms with van der Waals surface area (Å²) in [5, 5.41) is 6.15. The third-order valence-corrected chi connectivity index (χ3v) is 4.70. The summed E-state index contributed by atoms with van der Waals surface area (Å²) in [6.45, 7) is 0. The van der Waals surface area contributed by atoms with Gasteiger partial charge in [-0.15, -0.1) is 0 Å². The highest BCUT2D eigenvalue weighted by atomic mass is 35.5. The average Bonchev–Trinajstić information content (AvgIpc) is 2.70. The molecule has 0 spiro atoms. The second-order valence-corrected chi connectivity index (χ2v) is 6.64. The van der Waals surface area contributed by atoms with Crippen LogP contribution in [0.25, 0.3) is 22.3 Å². The van der Waals surface area contributed by atoms with Crippen molar-refractivity contribution in [3.8, 4) is 11.4 Å². The molecule has 0 aliphatic carbocycles. The molecule has 27 heavy (non-hydrogen) atoms. The third-order valence-electron chi connectivity index (χ3n) is 3.96. The number of hydrazone groups is 1. The normalized spacial score (nSPS) is 11.2. The van der Waals surface area contributed by atoms with Gasteiger partial charge in [0.1, 0.15) is 0 Å². The van der Waals surface area contributed by atoms with Gasteiger partial charge in [-0.05, 0) is 35.9 Å². The lowest BCUT2D eigenvalue weighted by atomic mass is 10.2. The van der Waals surface area contributed by atoms with Gasteiger partial charge in [0, 0.05) is 10.9 Å². The zero-order chi connectivity index (χ0) is 18.6. The highest BCUT2D eigenvalue weighted by molar-refractivity contribution is 6.42. The van der Waals surface area contributed by atoms with Crippen LogP contribution in [0, 0.1) is 0 Å². The Kier molecular flexibility index (Phi) is 5.01. The standard InChI is InChI=1S/C21H14Cl2N4/c22-17-11-10-15(12-18(17)23)20-25-19-9-5-4-8-16(19)21(26-20)27-24-13-14-6-2-1-3-7-14/h1-13H,(H,25,26,27)/b24-13-. The zero-order valence-electron chi connectivity index (χ0n) is 14.1. The minimum absolute atomic E-state index is 0.461. The molecule has 0 saturated heterocycles. The van der Waals surface area contributed by atoms with Crippen LogP contribution in [0.4, 0.5) is 5.82 Å². The molecule has 1 aromatic heterocycles. The van der Waals surface area contributed by atoms with E-state index in [0.717, 1.165) is 22.0 Å². The van der Waals surface area contributed by atoms with Gasteiger partial charge in [-0.3, -0.25) is 5.43 Å². The second-order valence-electron chi connectivity index (χ2n) is 5.82. The molecule has 0 unspecified atom stereocenters. The summed E-state index contributed by atoms with van der Waals surface area (Å²) in [7, 11) is 0. The number of nitrogens with one attached hydrogen (secondary N) is 1. The lowest BCUT2D eigenvalue weighted by Gasteiger charge is -2.09. The fourth-order valence-electron chi connectivity index (χ4n) is 2.63. The summed E-state index contributed by atoms with van der Waals surface area (Å²) in [5.74, 6) is 1.17. The van der Waals surface area contributed by atoms with Crippen LogP contribution in [0.5, 0.6) is 0 Å². The second kappa shape index (κ2) is 7.74. The molecule has 6 heteroatoms. The van der Waals surface area contributed by atoms with Crippen LogP contribution in [0.3, 0.4) is 0 Å². The van der Waals surface area contributed by atoms with E-state index in [4.69, 9.17) is 23.2 Å². The fraction of sp³-hybridized carbons (Fsp3) is 0. The molecule has 0 atom stereocenters. The van der Waals surface area contributed by atoms with Crippen molar-refractivity contribution in [3.63, 3.8) is 0 Å². The molecule has 1 N–H and O–H groups in total. The van der Waals surface area contributed by atoms with E-state index in [2.05, 4.69) is 20.5 Å². The first-order valence-electron chi connectivity index (χ1n) is 8.27. The number of benzene rings is 3. The summed E-state index contributed by atoms with van der Waals surface area (Å²) < 4.78 is 0. The van der Waals surface area contributed by atoms with Crippen molar-refractivity contribution >= 4 is 46.1 Å². The van der Waals surface area contributed by atoms with E-state index in [1.54, 1.807) is 18.3 Å². The van der Waals surface area contributed by atoms with Gasteiger partial charge >= 0.3 is 0 Å². The van der Waals surface area contributed by atoms with Crippen LogP contribution in [-0.4, -0.2) is 16.2 Å². The Morgan fingerprint density at radius 2 is 1.59 bits per heavy atom. The van der Waals surface area contributed by atoms with E-state index in [9.17, 15) is 0 Å². The molecule has 4 nitrogen and oxygen atoms in total. The highest BCUT2D eigenvalue weighted by Gasteiger charge is 2.10. The zero-order valence-corrected chi connectivity index (χ0v) is 15.6. The van der Waals surface area contributed by atoms with Crippen LogP contribution >= 0.6 is 23.2 Å². The number of anilines is 1. The van der Waals surface area contributed by atoms with Gasteiger partial charge < -0.3 is 0 Å². The monoisotopic (exact) mass is 392 g/mol. The molecule has 0 radical (unpaired) electrons. The third kappa shape index (κ3) is 3.92. The Morgan fingerprint density at radius 1 is 0.815 bits per heavy atom. The quantitative estimate of drug-likeness (QED) is 0.339. The van der Waals surface area contributed by atoms with E-state index in [1.165, 1.54) is 0 Å². The van der Waals surface area contributed by atoms with E-state index in [0.29, 0.717) is 21.7 Å². The molecule has 1 heterocycles. The number of halogens is 2. The van der Waals surface area contributed by atoms with Crippen molar-refractivity contribution in [1.82, 2.24) is 9.97 Å². The maximum atomic E-state index is 6.15. The SMILES string of the molecule is Clc1ccc(-c2nc(N/N=C\c3ccccc3)c3ccccc3n2)cc1Cl. The minimum atomic E-state index is 0.461. The lowest BCUT2D eigenvalue weighted by Crippen LogP contribution is -1.99. The van der Waals surface area contributed by atoms with Gasteiger partial charge in [-0.25, -0.2) is 9.97 Å². The summed E-state index contributed by atoms with van der Waals surface area (Å²) in [5.41, 5.74) is 5.62. The molecule has 0 bridgehead atoms. The maximum Gasteiger partial charge on any atom is 0.162 e. The van der Waals surface area contributed by atoms with E-state index >= 15 is 0 Å². The molecule has 0 fully saturated rings. The van der Waals surface area contributed by atoms with E-state index in [1.807, 2.05) is 60.7 Å². The Bertz CT molecular complexity index is 1130. The summed E-state index contributed by atoms with van der Waals surface area (Å²) >= 11 is 12.2. The predicted octanol–water partition coefficient (Wildman–Crippen LogP) is 6.05. The van der Waals surface area contributed by atoms with E-state index in [-0.39, 0.29) is 0 Å². The van der Waals surface area contributed by atoms with Crippen molar-refractivity contribution in [2.45, 2.75) is 0 Å². The molecule has 0 aliphatic heterocycles. The van der Waals surface area contributed by atoms with Gasteiger partial charge in [-0.2, -0.15) is 5.10 Å². The lowest BCUT2D eigenvalue weighted by molar-refractivity contribution is 1.19. The number of fused-ring (bicyclic) bond motifs is 1. The van der Waals surface area contributed by atoms with Crippen LogP contribution < -0.4 is 5.43 Å². The van der Waals surface area contributed by atoms with Crippen LogP contribution in [0.1, 0.15) is 5.56 Å². The van der Waals surface area contributed by atoms with Crippen LogP contribution in [0.15, 0.2) is 77.9 Å².